The summed E-state index contributed by atoms with van der Waals surface area (Å²) in [5.41, 5.74) is 0.403. The third-order valence-corrected chi connectivity index (χ3v) is 3.73. The number of benzene rings is 1. The average Bonchev–Trinajstić information content (AvgIpc) is 2.28. The van der Waals surface area contributed by atoms with E-state index in [1.54, 1.807) is 31.2 Å². The molecule has 0 aliphatic carbocycles. The molecule has 1 aromatic rings. The third kappa shape index (κ3) is 4.24. The highest BCUT2D eigenvalue weighted by molar-refractivity contribution is 7.92. The molecule has 0 aliphatic heterocycles. The highest BCUT2D eigenvalue weighted by atomic mass is 32.2. The van der Waals surface area contributed by atoms with Crippen molar-refractivity contribution < 1.29 is 18.3 Å². The summed E-state index contributed by atoms with van der Waals surface area (Å²) < 4.78 is 31.0. The van der Waals surface area contributed by atoms with Crippen LogP contribution in [-0.4, -0.2) is 33.0 Å². The Bertz CT molecular complexity index is 458. The highest BCUT2D eigenvalue weighted by Gasteiger charge is 2.16. The molecule has 1 unspecified atom stereocenters. The van der Waals surface area contributed by atoms with Gasteiger partial charge >= 0.3 is 0 Å². The maximum absolute atomic E-state index is 11.8. The molecule has 0 heterocycles. The first-order valence-electron chi connectivity index (χ1n) is 5.23. The monoisotopic (exact) mass is 259 g/mol. The first kappa shape index (κ1) is 13.8. The second-order valence-electron chi connectivity index (χ2n) is 3.87. The second kappa shape index (κ2) is 5.88. The molecule has 0 aliphatic rings. The number of hydrogen-bond donors (Lipinski definition) is 2. The van der Waals surface area contributed by atoms with Gasteiger partial charge in [-0.3, -0.25) is 4.72 Å². The maximum atomic E-state index is 11.8. The van der Waals surface area contributed by atoms with Crippen LogP contribution in [0.5, 0.6) is 5.75 Å². The molecule has 0 aromatic heterocycles. The Kier molecular flexibility index (Phi) is 4.77. The molecular weight excluding hydrogens is 242 g/mol. The van der Waals surface area contributed by atoms with Gasteiger partial charge in [-0.05, 0) is 18.1 Å². The van der Waals surface area contributed by atoms with Gasteiger partial charge in [-0.25, -0.2) is 8.42 Å². The van der Waals surface area contributed by atoms with E-state index < -0.39 is 10.0 Å². The minimum absolute atomic E-state index is 0.123. The topological polar surface area (TPSA) is 75.6 Å². The van der Waals surface area contributed by atoms with Crippen LogP contribution in [0.15, 0.2) is 24.3 Å². The molecule has 0 fully saturated rings. The van der Waals surface area contributed by atoms with E-state index in [2.05, 4.69) is 4.72 Å². The Morgan fingerprint density at radius 3 is 2.65 bits per heavy atom. The molecule has 2 N–H and O–H groups in total. The lowest BCUT2D eigenvalue weighted by molar-refractivity contribution is 0.249. The molecule has 96 valence electrons. The van der Waals surface area contributed by atoms with Crippen molar-refractivity contribution in [2.45, 2.75) is 6.92 Å². The quantitative estimate of drug-likeness (QED) is 0.801. The van der Waals surface area contributed by atoms with E-state index in [0.717, 1.165) is 0 Å². The lowest BCUT2D eigenvalue weighted by Gasteiger charge is -2.13. The van der Waals surface area contributed by atoms with Crippen molar-refractivity contribution in [1.29, 1.82) is 0 Å². The molecule has 0 bridgehead atoms. The summed E-state index contributed by atoms with van der Waals surface area (Å²) in [5, 5.41) is 8.85. The molecular formula is C11H17NO4S. The number of aliphatic hydroxyl groups excluding tert-OH is 1. The molecule has 0 spiro atoms. The predicted octanol–water partition coefficient (Wildman–Crippen LogP) is 1.07. The summed E-state index contributed by atoms with van der Waals surface area (Å²) in [6, 6.07) is 6.77. The predicted molar refractivity (Wildman–Crippen MR) is 66.7 cm³/mol. The van der Waals surface area contributed by atoms with E-state index in [1.807, 2.05) is 0 Å². The standard InChI is InChI=1S/C11H17NO4S/c1-9(7-13)8-17(14,15)12-10-5-3-4-6-11(10)16-2/h3-6,9,12-13H,7-8H2,1-2H3. The van der Waals surface area contributed by atoms with E-state index in [4.69, 9.17) is 9.84 Å². The summed E-state index contributed by atoms with van der Waals surface area (Å²) in [5.74, 6) is 0.0385. The lowest BCUT2D eigenvalue weighted by Crippen LogP contribution is -2.23. The number of methoxy groups -OCH3 is 1. The highest BCUT2D eigenvalue weighted by Crippen LogP contribution is 2.24. The normalized spacial score (nSPS) is 13.1. The largest absolute Gasteiger partial charge is 0.495 e. The fourth-order valence-corrected chi connectivity index (χ4v) is 2.81. The van der Waals surface area contributed by atoms with Crippen LogP contribution in [0.4, 0.5) is 5.69 Å². The fourth-order valence-electron chi connectivity index (χ4n) is 1.37. The van der Waals surface area contributed by atoms with Gasteiger partial charge in [-0.15, -0.1) is 0 Å². The smallest absolute Gasteiger partial charge is 0.233 e. The van der Waals surface area contributed by atoms with Crippen LogP contribution in [-0.2, 0) is 10.0 Å². The minimum Gasteiger partial charge on any atom is -0.495 e. The number of anilines is 1. The molecule has 0 saturated heterocycles. The van der Waals surface area contributed by atoms with Gasteiger partial charge in [0.2, 0.25) is 10.0 Å². The molecule has 6 heteroatoms. The van der Waals surface area contributed by atoms with Crippen LogP contribution < -0.4 is 9.46 Å². The zero-order chi connectivity index (χ0) is 12.9. The van der Waals surface area contributed by atoms with Crippen molar-refractivity contribution in [1.82, 2.24) is 0 Å². The van der Waals surface area contributed by atoms with E-state index in [-0.39, 0.29) is 18.3 Å². The first-order chi connectivity index (χ1) is 7.98. The molecule has 1 atom stereocenters. The van der Waals surface area contributed by atoms with Gasteiger partial charge in [0.25, 0.3) is 0 Å². The summed E-state index contributed by atoms with van der Waals surface area (Å²) in [6.45, 7) is 1.51. The van der Waals surface area contributed by atoms with Crippen molar-refractivity contribution >= 4 is 15.7 Å². The Hall–Kier alpha value is -1.27. The average molecular weight is 259 g/mol. The van der Waals surface area contributed by atoms with Crippen molar-refractivity contribution in [3.63, 3.8) is 0 Å². The van der Waals surface area contributed by atoms with Gasteiger partial charge in [0, 0.05) is 6.61 Å². The number of para-hydroxylation sites is 2. The number of rotatable bonds is 6. The Balaban J connectivity index is 2.83. The van der Waals surface area contributed by atoms with E-state index in [0.29, 0.717) is 11.4 Å². The SMILES string of the molecule is COc1ccccc1NS(=O)(=O)CC(C)CO. The van der Waals surface area contributed by atoms with Crippen molar-refractivity contribution in [3.8, 4) is 5.75 Å². The molecule has 17 heavy (non-hydrogen) atoms. The van der Waals surface area contributed by atoms with Gasteiger partial charge in [0.15, 0.2) is 0 Å². The number of nitrogens with one attached hydrogen (secondary N) is 1. The molecule has 1 aromatic carbocycles. The van der Waals surface area contributed by atoms with Crippen molar-refractivity contribution in [2.75, 3.05) is 24.2 Å². The van der Waals surface area contributed by atoms with Gasteiger partial charge < -0.3 is 9.84 Å². The second-order valence-corrected chi connectivity index (χ2v) is 5.64. The van der Waals surface area contributed by atoms with Gasteiger partial charge in [0.05, 0.1) is 18.6 Å². The van der Waals surface area contributed by atoms with Crippen LogP contribution in [0.3, 0.4) is 0 Å². The molecule has 1 rings (SSSR count). The van der Waals surface area contributed by atoms with E-state index in [1.165, 1.54) is 7.11 Å². The van der Waals surface area contributed by atoms with Crippen LogP contribution in [0.2, 0.25) is 0 Å². The maximum Gasteiger partial charge on any atom is 0.233 e. The van der Waals surface area contributed by atoms with Crippen LogP contribution in [0.1, 0.15) is 6.92 Å². The number of hydrogen-bond acceptors (Lipinski definition) is 4. The molecule has 0 radical (unpaired) electrons. The molecule has 0 amide bonds. The van der Waals surface area contributed by atoms with Crippen LogP contribution in [0.25, 0.3) is 0 Å². The van der Waals surface area contributed by atoms with Gasteiger partial charge in [0.1, 0.15) is 5.75 Å². The Morgan fingerprint density at radius 1 is 1.41 bits per heavy atom. The van der Waals surface area contributed by atoms with Gasteiger partial charge in [-0.1, -0.05) is 19.1 Å². The minimum atomic E-state index is -3.47. The van der Waals surface area contributed by atoms with E-state index >= 15 is 0 Å². The number of sulfonamides is 1. The third-order valence-electron chi connectivity index (χ3n) is 2.19. The van der Waals surface area contributed by atoms with Gasteiger partial charge in [-0.2, -0.15) is 0 Å². The number of ether oxygens (including phenoxy) is 1. The zero-order valence-corrected chi connectivity index (χ0v) is 10.7. The van der Waals surface area contributed by atoms with E-state index in [9.17, 15) is 8.42 Å². The summed E-state index contributed by atoms with van der Waals surface area (Å²) in [6.07, 6.45) is 0. The first-order valence-corrected chi connectivity index (χ1v) is 6.88. The van der Waals surface area contributed by atoms with Crippen molar-refractivity contribution in [3.05, 3.63) is 24.3 Å². The fraction of sp³-hybridized carbons (Fsp3) is 0.455. The summed E-state index contributed by atoms with van der Waals surface area (Å²) in [7, 11) is -1.99. The Morgan fingerprint density at radius 2 is 2.06 bits per heavy atom. The molecule has 0 saturated carbocycles. The lowest BCUT2D eigenvalue weighted by atomic mass is 10.2. The zero-order valence-electron chi connectivity index (χ0n) is 9.88. The summed E-state index contributed by atoms with van der Waals surface area (Å²) >= 11 is 0. The van der Waals surface area contributed by atoms with Crippen LogP contribution in [0, 0.1) is 5.92 Å². The molecule has 5 nitrogen and oxygen atoms in total. The summed E-state index contributed by atoms with van der Waals surface area (Å²) in [4.78, 5) is 0. The number of aliphatic hydroxyl groups is 1. The van der Waals surface area contributed by atoms with Crippen molar-refractivity contribution in [2.24, 2.45) is 5.92 Å². The van der Waals surface area contributed by atoms with Crippen LogP contribution >= 0.6 is 0 Å². The Labute approximate surface area is 101 Å².